The summed E-state index contributed by atoms with van der Waals surface area (Å²) in [6, 6.07) is 0. The highest BCUT2D eigenvalue weighted by Gasteiger charge is 1.80. The first-order valence-corrected chi connectivity index (χ1v) is 3.48. The molecule has 0 aliphatic rings. The van der Waals surface area contributed by atoms with Crippen LogP contribution in [0.1, 0.15) is 63.7 Å². The van der Waals surface area contributed by atoms with Crippen molar-refractivity contribution in [2.75, 3.05) is 0 Å². The van der Waals surface area contributed by atoms with Crippen LogP contribution in [0.2, 0.25) is 0 Å². The van der Waals surface area contributed by atoms with Gasteiger partial charge in [0.05, 0.1) is 0 Å². The average molecular weight is 149 g/mol. The Morgan fingerprint density at radius 3 is 1.20 bits per heavy atom. The van der Waals surface area contributed by atoms with Crippen LogP contribution >= 0.6 is 0 Å². The molecular formula is C10H28. The van der Waals surface area contributed by atoms with E-state index in [4.69, 9.17) is 1.37 Å². The molecule has 10 heavy (non-hydrogen) atoms. The molecular weight excluding hydrogens is 120 g/mol. The van der Waals surface area contributed by atoms with Crippen molar-refractivity contribution in [2.24, 2.45) is 5.92 Å². The van der Waals surface area contributed by atoms with E-state index < -0.39 is 0 Å². The summed E-state index contributed by atoms with van der Waals surface area (Å²) in [6.07, 6.45) is 1.35. The zero-order valence-electron chi connectivity index (χ0n) is 7.86. The molecule has 0 rings (SSSR count). The first-order valence-electron chi connectivity index (χ1n) is 4.06. The molecule has 0 aromatic carbocycles. The van der Waals surface area contributed by atoms with Crippen molar-refractivity contribution in [1.82, 2.24) is 0 Å². The zero-order valence-corrected chi connectivity index (χ0v) is 6.86. The number of rotatable bonds is 1. The molecule has 0 heterocycles. The van der Waals surface area contributed by atoms with Gasteiger partial charge in [0.1, 0.15) is 0 Å². The fourth-order valence-electron chi connectivity index (χ4n) is 0. The van der Waals surface area contributed by atoms with Gasteiger partial charge in [-0.05, 0) is 5.92 Å². The summed E-state index contributed by atoms with van der Waals surface area (Å²) < 4.78 is 7.03. The Morgan fingerprint density at radius 2 is 1.20 bits per heavy atom. The summed E-state index contributed by atoms with van der Waals surface area (Å²) in [7, 11) is 0. The van der Waals surface area contributed by atoms with Crippen LogP contribution in [0.4, 0.5) is 0 Å². The maximum atomic E-state index is 7.03. The van der Waals surface area contributed by atoms with Crippen LogP contribution in [0.25, 0.3) is 0 Å². The Bertz CT molecular complexity index is 34.1. The molecule has 0 bridgehead atoms. The minimum Gasteiger partial charge on any atom is -0.0776 e. The van der Waals surface area contributed by atoms with Gasteiger partial charge < -0.3 is 0 Å². The zero-order chi connectivity index (χ0) is 7.86. The van der Waals surface area contributed by atoms with Gasteiger partial charge in [-0.1, -0.05) is 62.3 Å². The summed E-state index contributed by atoms with van der Waals surface area (Å²) in [6.45, 7) is 10.3. The first kappa shape index (κ1) is 16.5. The van der Waals surface area contributed by atoms with E-state index in [1.807, 2.05) is 6.92 Å². The Morgan fingerprint density at radius 1 is 1.10 bits per heavy atom. The fourth-order valence-corrected chi connectivity index (χ4v) is 0. The SMILES string of the molecule is C.C.CCC.[2H]C(C)C(C)C. The lowest BCUT2D eigenvalue weighted by molar-refractivity contribution is 0.626. The van der Waals surface area contributed by atoms with E-state index in [0.717, 1.165) is 0 Å². The summed E-state index contributed by atoms with van der Waals surface area (Å²) in [4.78, 5) is 0. The molecule has 0 fully saturated rings. The highest BCUT2D eigenvalue weighted by atomic mass is 13.9. The van der Waals surface area contributed by atoms with E-state index in [-0.39, 0.29) is 21.3 Å². The first-order chi connectivity index (χ1) is 4.06. The highest BCUT2D eigenvalue weighted by Crippen LogP contribution is 1.93. The molecule has 0 aliphatic carbocycles. The molecule has 0 nitrogen and oxygen atoms in total. The molecule has 68 valence electrons. The minimum absolute atomic E-state index is 0. The third-order valence-corrected chi connectivity index (χ3v) is 0.667. The second-order valence-corrected chi connectivity index (χ2v) is 2.28. The van der Waals surface area contributed by atoms with Crippen LogP contribution in [0.5, 0.6) is 0 Å². The summed E-state index contributed by atoms with van der Waals surface area (Å²) >= 11 is 0. The standard InChI is InChI=1S/C5H12.C3H8.2CH4/c1-4-5(2)3;1-3-2;;/h5H,4H2,1-3H3;3H2,1-2H3;2*1H4/i4D;;;. The molecule has 0 amide bonds. The van der Waals surface area contributed by atoms with Crippen molar-refractivity contribution in [1.29, 1.82) is 0 Å². The normalized spacial score (nSPS) is 11.2. The molecule has 0 N–H and O–H groups in total. The Hall–Kier alpha value is 0. The van der Waals surface area contributed by atoms with Crippen LogP contribution in [0.15, 0.2) is 0 Å². The predicted octanol–water partition coefficient (Wildman–Crippen LogP) is 4.74. The molecule has 0 saturated heterocycles. The minimum atomic E-state index is 0. The van der Waals surface area contributed by atoms with Crippen molar-refractivity contribution in [2.45, 2.75) is 62.3 Å². The number of hydrogen-bond donors (Lipinski definition) is 0. The molecule has 0 aliphatic heterocycles. The van der Waals surface area contributed by atoms with Crippen LogP contribution in [-0.2, 0) is 0 Å². The van der Waals surface area contributed by atoms with E-state index in [2.05, 4.69) is 27.7 Å². The maximum Gasteiger partial charge on any atom is 0.0266 e. The summed E-state index contributed by atoms with van der Waals surface area (Å²) in [5.74, 6) is 0.519. The predicted molar refractivity (Wildman–Crippen MR) is 54.6 cm³/mol. The van der Waals surface area contributed by atoms with E-state index in [9.17, 15) is 0 Å². The monoisotopic (exact) mass is 149 g/mol. The van der Waals surface area contributed by atoms with Crippen molar-refractivity contribution >= 4 is 0 Å². The smallest absolute Gasteiger partial charge is 0.0266 e. The number of hydrogen-bond acceptors (Lipinski definition) is 0. The van der Waals surface area contributed by atoms with Gasteiger partial charge in [-0.15, -0.1) is 0 Å². The Balaban J connectivity index is -0.0000000437. The second kappa shape index (κ2) is 23.0. The largest absolute Gasteiger partial charge is 0.0776 e. The molecule has 0 spiro atoms. The molecule has 1 unspecified atom stereocenters. The van der Waals surface area contributed by atoms with E-state index >= 15 is 0 Å². The second-order valence-electron chi connectivity index (χ2n) is 2.28. The van der Waals surface area contributed by atoms with Gasteiger partial charge in [0.2, 0.25) is 0 Å². The van der Waals surface area contributed by atoms with Crippen molar-refractivity contribution in [3.05, 3.63) is 0 Å². The van der Waals surface area contributed by atoms with E-state index in [0.29, 0.717) is 5.92 Å². The molecule has 1 atom stereocenters. The van der Waals surface area contributed by atoms with Crippen molar-refractivity contribution in [3.8, 4) is 0 Å². The summed E-state index contributed by atoms with van der Waals surface area (Å²) in [5.41, 5.74) is 0. The lowest BCUT2D eigenvalue weighted by Crippen LogP contribution is -1.77. The lowest BCUT2D eigenvalue weighted by Gasteiger charge is -1.90. The average Bonchev–Trinajstić information content (AvgIpc) is 1.68. The van der Waals surface area contributed by atoms with Gasteiger partial charge >= 0.3 is 0 Å². The van der Waals surface area contributed by atoms with Gasteiger partial charge in [0.25, 0.3) is 0 Å². The molecule has 0 aromatic rings. The molecule has 0 radical (unpaired) electrons. The van der Waals surface area contributed by atoms with Crippen molar-refractivity contribution in [3.63, 3.8) is 0 Å². The van der Waals surface area contributed by atoms with E-state index in [1.165, 1.54) is 6.42 Å². The third-order valence-electron chi connectivity index (χ3n) is 0.667. The van der Waals surface area contributed by atoms with Gasteiger partial charge in [0, 0.05) is 1.37 Å². The highest BCUT2D eigenvalue weighted by molar-refractivity contribution is 4.32. The third kappa shape index (κ3) is 98.0. The lowest BCUT2D eigenvalue weighted by atomic mass is 10.2. The van der Waals surface area contributed by atoms with Crippen molar-refractivity contribution < 1.29 is 1.37 Å². The fraction of sp³-hybridized carbons (Fsp3) is 1.00. The Kier molecular flexibility index (Phi) is 38.1. The van der Waals surface area contributed by atoms with Crippen LogP contribution < -0.4 is 0 Å². The van der Waals surface area contributed by atoms with Crippen LogP contribution in [-0.4, -0.2) is 0 Å². The maximum absolute atomic E-state index is 7.03. The van der Waals surface area contributed by atoms with Crippen LogP contribution in [0.3, 0.4) is 0 Å². The van der Waals surface area contributed by atoms with Gasteiger partial charge in [-0.2, -0.15) is 0 Å². The van der Waals surface area contributed by atoms with E-state index in [1.54, 1.807) is 0 Å². The topological polar surface area (TPSA) is 0 Å². The van der Waals surface area contributed by atoms with Gasteiger partial charge in [0.15, 0.2) is 0 Å². The molecule has 0 heteroatoms. The van der Waals surface area contributed by atoms with Gasteiger partial charge in [-0.3, -0.25) is 0 Å². The van der Waals surface area contributed by atoms with Gasteiger partial charge in [-0.25, -0.2) is 0 Å². The molecule has 0 aromatic heterocycles. The van der Waals surface area contributed by atoms with Crippen LogP contribution in [0, 0.1) is 5.92 Å². The summed E-state index contributed by atoms with van der Waals surface area (Å²) in [5, 5.41) is 0. The molecule has 0 saturated carbocycles. The Labute approximate surface area is 70.4 Å². The quantitative estimate of drug-likeness (QED) is 0.505.